The van der Waals surface area contributed by atoms with Crippen molar-refractivity contribution in [1.82, 2.24) is 5.01 Å². The third kappa shape index (κ3) is 4.11. The third-order valence-electron chi connectivity index (χ3n) is 4.06. The van der Waals surface area contributed by atoms with E-state index in [0.717, 1.165) is 16.8 Å². The van der Waals surface area contributed by atoms with E-state index in [2.05, 4.69) is 5.10 Å². The summed E-state index contributed by atoms with van der Waals surface area (Å²) in [6.07, 6.45) is 0.878. The van der Waals surface area contributed by atoms with E-state index in [0.29, 0.717) is 6.42 Å². The van der Waals surface area contributed by atoms with E-state index in [4.69, 9.17) is 5.11 Å². The fourth-order valence-electron chi connectivity index (χ4n) is 2.79. The maximum absolute atomic E-state index is 13.2. The van der Waals surface area contributed by atoms with E-state index in [-0.39, 0.29) is 37.0 Å². The first-order chi connectivity index (χ1) is 12.0. The molecule has 2 heterocycles. The summed E-state index contributed by atoms with van der Waals surface area (Å²) in [6.45, 7) is 0. The first kappa shape index (κ1) is 17.3. The number of carbonyl (C=O) groups excluding carboxylic acids is 1. The number of carboxylic acid groups (broad SMARTS) is 1. The molecule has 0 unspecified atom stereocenters. The van der Waals surface area contributed by atoms with Gasteiger partial charge in [-0.05, 0) is 40.9 Å². The van der Waals surface area contributed by atoms with Crippen LogP contribution in [0.1, 0.15) is 42.9 Å². The molecule has 2 aromatic rings. The quantitative estimate of drug-likeness (QED) is 0.851. The molecule has 1 amide bonds. The van der Waals surface area contributed by atoms with Crippen molar-refractivity contribution in [2.45, 2.75) is 31.7 Å². The zero-order valence-corrected chi connectivity index (χ0v) is 14.2. The SMILES string of the molecule is O=C(O)CCCC(=O)N1N=C(c2ccsc2)C[C@@H]1c1ccc(F)cc1. The maximum atomic E-state index is 13.2. The Labute approximate surface area is 148 Å². The van der Waals surface area contributed by atoms with E-state index < -0.39 is 5.97 Å². The van der Waals surface area contributed by atoms with Gasteiger partial charge in [-0.2, -0.15) is 16.4 Å². The number of nitrogens with zero attached hydrogens (tertiary/aromatic N) is 2. The van der Waals surface area contributed by atoms with Crippen molar-refractivity contribution >= 4 is 28.9 Å². The van der Waals surface area contributed by atoms with E-state index >= 15 is 0 Å². The minimum Gasteiger partial charge on any atom is -0.481 e. The van der Waals surface area contributed by atoms with Gasteiger partial charge >= 0.3 is 5.97 Å². The summed E-state index contributed by atoms with van der Waals surface area (Å²) in [5.41, 5.74) is 2.59. The van der Waals surface area contributed by atoms with Crippen LogP contribution in [0.2, 0.25) is 0 Å². The molecular formula is C18H17FN2O3S. The molecule has 1 N–H and O–H groups in total. The molecule has 0 fully saturated rings. The van der Waals surface area contributed by atoms with Crippen LogP contribution in [0, 0.1) is 5.82 Å². The smallest absolute Gasteiger partial charge is 0.303 e. The van der Waals surface area contributed by atoms with Crippen LogP contribution >= 0.6 is 11.3 Å². The van der Waals surface area contributed by atoms with Crippen molar-refractivity contribution in [1.29, 1.82) is 0 Å². The number of halogens is 1. The number of carbonyl (C=O) groups is 2. The number of hydrogen-bond donors (Lipinski definition) is 1. The van der Waals surface area contributed by atoms with Crippen LogP contribution in [0.5, 0.6) is 0 Å². The van der Waals surface area contributed by atoms with Gasteiger partial charge in [0.25, 0.3) is 0 Å². The Morgan fingerprint density at radius 3 is 2.64 bits per heavy atom. The molecule has 1 atom stereocenters. The first-order valence-electron chi connectivity index (χ1n) is 7.94. The van der Waals surface area contributed by atoms with Gasteiger partial charge in [0.1, 0.15) is 5.82 Å². The lowest BCUT2D eigenvalue weighted by molar-refractivity contribution is -0.137. The second-order valence-electron chi connectivity index (χ2n) is 5.82. The van der Waals surface area contributed by atoms with Gasteiger partial charge in [0.15, 0.2) is 0 Å². The Kier molecular flexibility index (Phi) is 5.23. The maximum Gasteiger partial charge on any atom is 0.303 e. The number of rotatable bonds is 6. The number of aliphatic carboxylic acids is 1. The molecular weight excluding hydrogens is 343 g/mol. The number of thiophene rings is 1. The predicted molar refractivity (Wildman–Crippen MR) is 92.9 cm³/mol. The number of hydrazone groups is 1. The van der Waals surface area contributed by atoms with Crippen molar-refractivity contribution in [2.75, 3.05) is 0 Å². The molecule has 0 radical (unpaired) electrons. The van der Waals surface area contributed by atoms with Crippen LogP contribution < -0.4 is 0 Å². The van der Waals surface area contributed by atoms with Crippen LogP contribution in [0.25, 0.3) is 0 Å². The highest BCUT2D eigenvalue weighted by molar-refractivity contribution is 7.08. The lowest BCUT2D eigenvalue weighted by atomic mass is 9.99. The van der Waals surface area contributed by atoms with E-state index in [1.54, 1.807) is 23.5 Å². The molecule has 0 aliphatic carbocycles. The average molecular weight is 360 g/mol. The molecule has 25 heavy (non-hydrogen) atoms. The fourth-order valence-corrected chi connectivity index (χ4v) is 3.46. The van der Waals surface area contributed by atoms with Crippen LogP contribution in [0.15, 0.2) is 46.2 Å². The minimum absolute atomic E-state index is 0.0537. The molecule has 0 saturated heterocycles. The Hall–Kier alpha value is -2.54. The highest BCUT2D eigenvalue weighted by Crippen LogP contribution is 2.33. The van der Waals surface area contributed by atoms with Crippen LogP contribution in [0.4, 0.5) is 4.39 Å². The summed E-state index contributed by atoms with van der Waals surface area (Å²) in [5, 5.41) is 18.5. The molecule has 1 aliphatic heterocycles. The van der Waals surface area contributed by atoms with Crippen molar-refractivity contribution in [3.05, 3.63) is 58.0 Å². The lowest BCUT2D eigenvalue weighted by Gasteiger charge is -2.22. The van der Waals surface area contributed by atoms with Gasteiger partial charge in [-0.15, -0.1) is 0 Å². The number of carboxylic acids is 1. The van der Waals surface area contributed by atoms with Crippen LogP contribution in [-0.4, -0.2) is 27.7 Å². The van der Waals surface area contributed by atoms with Crippen LogP contribution in [-0.2, 0) is 9.59 Å². The highest BCUT2D eigenvalue weighted by Gasteiger charge is 2.32. The van der Waals surface area contributed by atoms with Gasteiger partial charge in [-0.1, -0.05) is 12.1 Å². The summed E-state index contributed by atoms with van der Waals surface area (Å²) in [4.78, 5) is 23.2. The molecule has 130 valence electrons. The highest BCUT2D eigenvalue weighted by atomic mass is 32.1. The van der Waals surface area contributed by atoms with Gasteiger partial charge in [0, 0.05) is 24.8 Å². The van der Waals surface area contributed by atoms with Crippen molar-refractivity contribution in [2.24, 2.45) is 5.10 Å². The second-order valence-corrected chi connectivity index (χ2v) is 6.60. The molecule has 7 heteroatoms. The zero-order chi connectivity index (χ0) is 17.8. The summed E-state index contributed by atoms with van der Waals surface area (Å²) in [5.74, 6) is -1.48. The van der Waals surface area contributed by atoms with Crippen LogP contribution in [0.3, 0.4) is 0 Å². The number of amides is 1. The summed E-state index contributed by atoms with van der Waals surface area (Å²) in [6, 6.07) is 7.69. The number of benzene rings is 1. The van der Waals surface area contributed by atoms with E-state index in [1.807, 2.05) is 16.8 Å². The average Bonchev–Trinajstić information content (AvgIpc) is 3.24. The monoisotopic (exact) mass is 360 g/mol. The molecule has 1 aliphatic rings. The lowest BCUT2D eigenvalue weighted by Crippen LogP contribution is -2.27. The Morgan fingerprint density at radius 1 is 1.24 bits per heavy atom. The molecule has 0 bridgehead atoms. The second kappa shape index (κ2) is 7.57. The van der Waals surface area contributed by atoms with E-state index in [1.165, 1.54) is 17.1 Å². The molecule has 0 saturated carbocycles. The van der Waals surface area contributed by atoms with Gasteiger partial charge in [0.05, 0.1) is 11.8 Å². The Bertz CT molecular complexity index is 787. The van der Waals surface area contributed by atoms with E-state index in [9.17, 15) is 14.0 Å². The Balaban J connectivity index is 1.81. The topological polar surface area (TPSA) is 70.0 Å². The minimum atomic E-state index is -0.924. The zero-order valence-electron chi connectivity index (χ0n) is 13.4. The molecule has 5 nitrogen and oxygen atoms in total. The molecule has 1 aromatic carbocycles. The standard InChI is InChI=1S/C18H17FN2O3S/c19-14-6-4-12(5-7-14)16-10-15(13-8-9-25-11-13)20-21(16)17(22)2-1-3-18(23)24/h4-9,11,16H,1-3,10H2,(H,23,24)/t16-/m1/s1. The van der Waals surface area contributed by atoms with Gasteiger partial charge in [-0.3, -0.25) is 9.59 Å². The Morgan fingerprint density at radius 2 is 2.00 bits per heavy atom. The molecule has 3 rings (SSSR count). The normalized spacial score (nSPS) is 16.8. The fraction of sp³-hybridized carbons (Fsp3) is 0.278. The largest absolute Gasteiger partial charge is 0.481 e. The van der Waals surface area contributed by atoms with Crippen molar-refractivity contribution in [3.8, 4) is 0 Å². The molecule has 0 spiro atoms. The van der Waals surface area contributed by atoms with Crippen molar-refractivity contribution < 1.29 is 19.1 Å². The van der Waals surface area contributed by atoms with Gasteiger partial charge < -0.3 is 5.11 Å². The summed E-state index contributed by atoms with van der Waals surface area (Å²) < 4.78 is 13.2. The van der Waals surface area contributed by atoms with Gasteiger partial charge in [-0.25, -0.2) is 9.40 Å². The summed E-state index contributed by atoms with van der Waals surface area (Å²) >= 11 is 1.55. The summed E-state index contributed by atoms with van der Waals surface area (Å²) in [7, 11) is 0. The molecule has 1 aromatic heterocycles. The number of hydrogen-bond acceptors (Lipinski definition) is 4. The van der Waals surface area contributed by atoms with Crippen molar-refractivity contribution in [3.63, 3.8) is 0 Å². The predicted octanol–water partition coefficient (Wildman–Crippen LogP) is 3.82. The van der Waals surface area contributed by atoms with Gasteiger partial charge in [0.2, 0.25) is 5.91 Å². The third-order valence-corrected chi connectivity index (χ3v) is 4.74. The first-order valence-corrected chi connectivity index (χ1v) is 8.88.